The minimum absolute atomic E-state index is 0.100. The van der Waals surface area contributed by atoms with E-state index in [2.05, 4.69) is 14.9 Å². The van der Waals surface area contributed by atoms with Gasteiger partial charge in [-0.2, -0.15) is 13.5 Å². The first kappa shape index (κ1) is 18.1. The third-order valence-electron chi connectivity index (χ3n) is 3.60. The fourth-order valence-corrected chi connectivity index (χ4v) is 3.00. The Balaban J connectivity index is 1.99. The van der Waals surface area contributed by atoms with Crippen molar-refractivity contribution in [3.05, 3.63) is 0 Å². The van der Waals surface area contributed by atoms with Crippen LogP contribution in [0.15, 0.2) is 0 Å². The molecule has 2 aliphatic rings. The summed E-state index contributed by atoms with van der Waals surface area (Å²) in [5.41, 5.74) is 0. The van der Waals surface area contributed by atoms with Crippen molar-refractivity contribution in [2.24, 2.45) is 0 Å². The maximum Gasteiger partial charge on any atom is 0.418 e. The van der Waals surface area contributed by atoms with Crippen LogP contribution in [-0.2, 0) is 24.3 Å². The van der Waals surface area contributed by atoms with Crippen molar-refractivity contribution >= 4 is 34.1 Å². The number of fused-ring (bicyclic) bond motifs is 2. The van der Waals surface area contributed by atoms with E-state index in [4.69, 9.17) is 9.96 Å². The van der Waals surface area contributed by atoms with Crippen LogP contribution in [0.1, 0.15) is 19.8 Å². The summed E-state index contributed by atoms with van der Waals surface area (Å²) in [6, 6.07) is -2.15. The highest BCUT2D eigenvalue weighted by molar-refractivity contribution is 7.80. The van der Waals surface area contributed by atoms with E-state index < -0.39 is 40.3 Å². The summed E-state index contributed by atoms with van der Waals surface area (Å²) in [5, 5.41) is 13.0. The number of rotatable bonds is 5. The van der Waals surface area contributed by atoms with E-state index in [0.29, 0.717) is 17.9 Å². The first-order chi connectivity index (χ1) is 11.1. The summed E-state index contributed by atoms with van der Waals surface area (Å²) in [4.78, 5) is 35.7. The first-order valence-corrected chi connectivity index (χ1v) is 8.34. The van der Waals surface area contributed by atoms with Crippen LogP contribution in [0.4, 0.5) is 4.79 Å². The molecule has 2 atom stereocenters. The second-order valence-corrected chi connectivity index (χ2v) is 6.39. The van der Waals surface area contributed by atoms with Crippen LogP contribution in [0, 0.1) is 5.41 Å². The van der Waals surface area contributed by atoms with E-state index >= 15 is 0 Å². The van der Waals surface area contributed by atoms with Gasteiger partial charge < -0.3 is 15.5 Å². The zero-order valence-corrected chi connectivity index (χ0v) is 13.5. The monoisotopic (exact) mass is 363 g/mol. The van der Waals surface area contributed by atoms with Crippen LogP contribution < -0.4 is 10.6 Å². The number of amides is 4. The lowest BCUT2D eigenvalue weighted by molar-refractivity contribution is -0.124. The summed E-state index contributed by atoms with van der Waals surface area (Å²) in [5.74, 6) is -1.26. The standard InChI is InChI=1S/C11H17N5O7S/c1-6(17)13-4-9(18)14-10(12)8-3-2-7-5-15(8)11(19)16(7)23-24(20,21)22/h7-8H,2-5H2,1H3,(H,13,17)(H2,12,14,18)(H,20,21,22). The fourth-order valence-electron chi connectivity index (χ4n) is 2.61. The van der Waals surface area contributed by atoms with Gasteiger partial charge in [-0.3, -0.25) is 19.6 Å². The molecule has 24 heavy (non-hydrogen) atoms. The highest BCUT2D eigenvalue weighted by Gasteiger charge is 2.48. The molecule has 2 saturated heterocycles. The number of nitrogens with zero attached hydrogens (tertiary/aromatic N) is 2. The Bertz CT molecular complexity index is 678. The van der Waals surface area contributed by atoms with E-state index in [0.717, 1.165) is 0 Å². The summed E-state index contributed by atoms with van der Waals surface area (Å²) in [6.07, 6.45) is 0.632. The Morgan fingerprint density at radius 2 is 2.08 bits per heavy atom. The average Bonchev–Trinajstić information content (AvgIpc) is 2.69. The van der Waals surface area contributed by atoms with Gasteiger partial charge in [-0.1, -0.05) is 0 Å². The zero-order valence-electron chi connectivity index (χ0n) is 12.7. The molecule has 2 fully saturated rings. The number of carbonyl (C=O) groups excluding carboxylic acids is 3. The van der Waals surface area contributed by atoms with Gasteiger partial charge in [-0.25, -0.2) is 4.79 Å². The summed E-state index contributed by atoms with van der Waals surface area (Å²) >= 11 is 0. The lowest BCUT2D eigenvalue weighted by atomic mass is 10.00. The minimum atomic E-state index is -4.84. The van der Waals surface area contributed by atoms with E-state index in [9.17, 15) is 22.8 Å². The van der Waals surface area contributed by atoms with Gasteiger partial charge in [0.1, 0.15) is 5.84 Å². The smallest absolute Gasteiger partial charge is 0.347 e. The van der Waals surface area contributed by atoms with E-state index in [1.807, 2.05) is 0 Å². The number of hydrogen-bond donors (Lipinski definition) is 4. The molecule has 4 amide bonds. The topological polar surface area (TPSA) is 169 Å². The lowest BCUT2D eigenvalue weighted by Crippen LogP contribution is -2.52. The van der Waals surface area contributed by atoms with Gasteiger partial charge in [0.05, 0.1) is 18.6 Å². The molecule has 13 heteroatoms. The number of carbonyl (C=O) groups is 3. The Hall–Kier alpha value is -2.25. The summed E-state index contributed by atoms with van der Waals surface area (Å²) < 4.78 is 34.6. The SMILES string of the molecule is CC(=O)NCC(=O)NC(=N)C1CCC2CN1C(=O)N2OS(=O)(=O)O. The number of urea groups is 1. The molecular weight excluding hydrogens is 346 g/mol. The molecule has 2 bridgehead atoms. The van der Waals surface area contributed by atoms with Gasteiger partial charge >= 0.3 is 16.4 Å². The highest BCUT2D eigenvalue weighted by Crippen LogP contribution is 2.30. The molecule has 0 aromatic carbocycles. The molecule has 0 saturated carbocycles. The number of piperidine rings is 1. The quantitative estimate of drug-likeness (QED) is 0.254. The molecule has 0 aliphatic carbocycles. The van der Waals surface area contributed by atoms with Crippen LogP contribution in [0.5, 0.6) is 0 Å². The number of hydrogen-bond acceptors (Lipinski definition) is 7. The molecule has 0 aromatic rings. The van der Waals surface area contributed by atoms with Gasteiger partial charge in [0.2, 0.25) is 11.8 Å². The van der Waals surface area contributed by atoms with Crippen molar-refractivity contribution in [1.29, 1.82) is 5.41 Å². The normalized spacial score (nSPS) is 23.2. The Labute approximate surface area is 137 Å². The van der Waals surface area contributed by atoms with Crippen LogP contribution >= 0.6 is 0 Å². The maximum absolute atomic E-state index is 12.2. The summed E-state index contributed by atoms with van der Waals surface area (Å²) in [7, 11) is -4.84. The van der Waals surface area contributed by atoms with Crippen molar-refractivity contribution in [2.75, 3.05) is 13.1 Å². The number of nitrogens with one attached hydrogen (secondary N) is 3. The van der Waals surface area contributed by atoms with Gasteiger partial charge in [0, 0.05) is 13.5 Å². The van der Waals surface area contributed by atoms with Gasteiger partial charge in [0.15, 0.2) is 0 Å². The Kier molecular flexibility index (Phi) is 5.05. The Morgan fingerprint density at radius 3 is 2.67 bits per heavy atom. The molecule has 134 valence electrons. The van der Waals surface area contributed by atoms with Gasteiger partial charge in [0.25, 0.3) is 0 Å². The highest BCUT2D eigenvalue weighted by atomic mass is 32.3. The molecule has 0 spiro atoms. The molecule has 12 nitrogen and oxygen atoms in total. The predicted molar refractivity (Wildman–Crippen MR) is 77.9 cm³/mol. The fraction of sp³-hybridized carbons (Fsp3) is 0.636. The molecule has 0 radical (unpaired) electrons. The summed E-state index contributed by atoms with van der Waals surface area (Å²) in [6.45, 7) is 1.04. The molecule has 2 aliphatic heterocycles. The minimum Gasteiger partial charge on any atom is -0.347 e. The second kappa shape index (κ2) is 6.70. The van der Waals surface area contributed by atoms with Crippen LogP contribution in [0.3, 0.4) is 0 Å². The van der Waals surface area contributed by atoms with Crippen LogP contribution in [0.2, 0.25) is 0 Å². The predicted octanol–water partition coefficient (Wildman–Crippen LogP) is -1.78. The third-order valence-corrected chi connectivity index (χ3v) is 3.95. The molecule has 4 N–H and O–H groups in total. The van der Waals surface area contributed by atoms with Gasteiger partial charge in [-0.05, 0) is 12.8 Å². The second-order valence-electron chi connectivity index (χ2n) is 5.38. The van der Waals surface area contributed by atoms with Crippen molar-refractivity contribution in [2.45, 2.75) is 31.8 Å². The average molecular weight is 363 g/mol. The van der Waals surface area contributed by atoms with Crippen molar-refractivity contribution in [1.82, 2.24) is 20.6 Å². The number of amidine groups is 1. The first-order valence-electron chi connectivity index (χ1n) is 6.98. The van der Waals surface area contributed by atoms with E-state index in [1.165, 1.54) is 11.8 Å². The molecule has 2 unspecified atom stereocenters. The molecule has 2 rings (SSSR count). The van der Waals surface area contributed by atoms with Crippen molar-refractivity contribution in [3.8, 4) is 0 Å². The molecule has 0 aromatic heterocycles. The van der Waals surface area contributed by atoms with Crippen molar-refractivity contribution < 1.29 is 31.6 Å². The third kappa shape index (κ3) is 4.18. The largest absolute Gasteiger partial charge is 0.418 e. The zero-order chi connectivity index (χ0) is 18.1. The van der Waals surface area contributed by atoms with E-state index in [1.54, 1.807) is 0 Å². The Morgan fingerprint density at radius 1 is 1.42 bits per heavy atom. The van der Waals surface area contributed by atoms with Crippen LogP contribution in [-0.4, -0.2) is 71.8 Å². The number of hydroxylamine groups is 2. The molecular formula is C11H17N5O7S. The lowest BCUT2D eigenvalue weighted by Gasteiger charge is -2.30. The van der Waals surface area contributed by atoms with E-state index in [-0.39, 0.29) is 18.9 Å². The van der Waals surface area contributed by atoms with Crippen molar-refractivity contribution in [3.63, 3.8) is 0 Å². The van der Waals surface area contributed by atoms with Gasteiger partial charge in [-0.15, -0.1) is 4.28 Å². The molecule has 2 heterocycles. The maximum atomic E-state index is 12.2. The van der Waals surface area contributed by atoms with Crippen LogP contribution in [0.25, 0.3) is 0 Å².